The first kappa shape index (κ1) is 21.6. The van der Waals surface area contributed by atoms with Crippen molar-refractivity contribution in [3.63, 3.8) is 0 Å². The fraction of sp³-hybridized carbons (Fsp3) is 0.227. The molecule has 30 heavy (non-hydrogen) atoms. The van der Waals surface area contributed by atoms with E-state index in [1.54, 1.807) is 11.0 Å². The molecule has 0 N–H and O–H groups in total. The molecule has 4 rings (SSSR count). The van der Waals surface area contributed by atoms with Gasteiger partial charge in [0.2, 0.25) is 0 Å². The topological polar surface area (TPSA) is 40.6 Å². The van der Waals surface area contributed by atoms with E-state index in [-0.39, 0.29) is 18.4 Å². The Hall–Kier alpha value is -1.67. The molecule has 0 radical (unpaired) electrons. The molecule has 0 aromatic heterocycles. The Bertz CT molecular complexity index is 1100. The number of anilines is 1. The number of thioether (sulfide) groups is 1. The summed E-state index contributed by atoms with van der Waals surface area (Å²) in [7, 11) is 0. The van der Waals surface area contributed by atoms with Gasteiger partial charge in [-0.3, -0.25) is 14.5 Å². The van der Waals surface area contributed by atoms with Gasteiger partial charge in [0.05, 0.1) is 22.7 Å². The molecule has 0 atom stereocenters. The molecule has 1 fully saturated rings. The van der Waals surface area contributed by atoms with Crippen molar-refractivity contribution in [2.24, 2.45) is 0 Å². The second-order valence-corrected chi connectivity index (χ2v) is 9.99. The van der Waals surface area contributed by atoms with Crippen molar-refractivity contribution < 1.29 is 9.59 Å². The van der Waals surface area contributed by atoms with Crippen LogP contribution < -0.4 is 4.90 Å². The number of hydrogen-bond acceptors (Lipinski definition) is 4. The van der Waals surface area contributed by atoms with Crippen LogP contribution in [0.15, 0.2) is 51.8 Å². The van der Waals surface area contributed by atoms with Gasteiger partial charge in [0.1, 0.15) is 4.32 Å². The Morgan fingerprint density at radius 3 is 2.60 bits per heavy atom. The number of amides is 2. The van der Waals surface area contributed by atoms with E-state index >= 15 is 0 Å². The van der Waals surface area contributed by atoms with Gasteiger partial charge >= 0.3 is 0 Å². The highest BCUT2D eigenvalue weighted by molar-refractivity contribution is 9.10. The zero-order valence-electron chi connectivity index (χ0n) is 16.2. The van der Waals surface area contributed by atoms with E-state index in [9.17, 15) is 9.59 Å². The third kappa shape index (κ3) is 3.84. The summed E-state index contributed by atoms with van der Waals surface area (Å²) >= 11 is 16.4. The molecule has 2 aliphatic rings. The van der Waals surface area contributed by atoms with E-state index in [0.29, 0.717) is 26.4 Å². The Labute approximate surface area is 198 Å². The van der Waals surface area contributed by atoms with Gasteiger partial charge < -0.3 is 4.90 Å². The summed E-state index contributed by atoms with van der Waals surface area (Å²) in [5.74, 6) is -0.397. The maximum atomic E-state index is 13.3. The summed E-state index contributed by atoms with van der Waals surface area (Å²) in [4.78, 5) is 30.3. The molecule has 2 aliphatic heterocycles. The number of nitrogens with zero attached hydrogens (tertiary/aromatic N) is 2. The summed E-state index contributed by atoms with van der Waals surface area (Å²) in [6.45, 7) is 2.98. The fourth-order valence-electron chi connectivity index (χ4n) is 3.54. The Morgan fingerprint density at radius 2 is 1.87 bits per heavy atom. The van der Waals surface area contributed by atoms with Gasteiger partial charge in [0.25, 0.3) is 11.8 Å². The first-order valence-corrected chi connectivity index (χ1v) is 11.9. The fourth-order valence-corrected chi connectivity index (χ4v) is 5.43. The molecular formula is C22H18BrClN2O2S2. The van der Waals surface area contributed by atoms with Gasteiger partial charge in [-0.2, -0.15) is 0 Å². The highest BCUT2D eigenvalue weighted by Crippen LogP contribution is 2.45. The molecule has 0 aliphatic carbocycles. The van der Waals surface area contributed by atoms with Crippen LogP contribution in [0.25, 0.3) is 5.57 Å². The predicted molar refractivity (Wildman–Crippen MR) is 131 cm³/mol. The number of thiocarbonyl (C=S) groups is 1. The van der Waals surface area contributed by atoms with Crippen LogP contribution in [0, 0.1) is 0 Å². The lowest BCUT2D eigenvalue weighted by Gasteiger charge is -2.16. The molecule has 2 heterocycles. The Morgan fingerprint density at radius 1 is 1.10 bits per heavy atom. The molecule has 2 aromatic carbocycles. The number of rotatable bonds is 5. The van der Waals surface area contributed by atoms with Crippen molar-refractivity contribution in [2.75, 3.05) is 11.4 Å². The first-order valence-electron chi connectivity index (χ1n) is 9.55. The van der Waals surface area contributed by atoms with Crippen LogP contribution in [0.2, 0.25) is 5.02 Å². The smallest absolute Gasteiger partial charge is 0.267 e. The van der Waals surface area contributed by atoms with Crippen molar-refractivity contribution in [3.8, 4) is 0 Å². The first-order chi connectivity index (χ1) is 14.4. The van der Waals surface area contributed by atoms with Crippen molar-refractivity contribution in [1.29, 1.82) is 0 Å². The van der Waals surface area contributed by atoms with E-state index in [1.165, 1.54) is 16.7 Å². The highest BCUT2D eigenvalue weighted by Gasteiger charge is 2.42. The predicted octanol–water partition coefficient (Wildman–Crippen LogP) is 6.02. The van der Waals surface area contributed by atoms with Gasteiger partial charge in [0.15, 0.2) is 0 Å². The minimum atomic E-state index is -0.253. The molecule has 154 valence electrons. The molecule has 8 heteroatoms. The largest absolute Gasteiger partial charge is 0.308 e. The normalized spacial score (nSPS) is 18.6. The van der Waals surface area contributed by atoms with Crippen LogP contribution >= 0.6 is 51.5 Å². The summed E-state index contributed by atoms with van der Waals surface area (Å²) < 4.78 is 1.29. The van der Waals surface area contributed by atoms with Crippen LogP contribution in [0.1, 0.15) is 30.9 Å². The van der Waals surface area contributed by atoms with Crippen molar-refractivity contribution in [1.82, 2.24) is 4.90 Å². The monoisotopic (exact) mass is 520 g/mol. The Balaban J connectivity index is 1.75. The summed E-state index contributed by atoms with van der Waals surface area (Å²) in [6.07, 6.45) is 1.87. The molecule has 0 saturated carbocycles. The van der Waals surface area contributed by atoms with Crippen LogP contribution in [0.5, 0.6) is 0 Å². The third-order valence-corrected chi connectivity index (χ3v) is 7.39. The van der Waals surface area contributed by atoms with Crippen molar-refractivity contribution in [3.05, 3.63) is 68.0 Å². The van der Waals surface area contributed by atoms with E-state index < -0.39 is 0 Å². The third-order valence-electron chi connectivity index (χ3n) is 5.08. The minimum Gasteiger partial charge on any atom is -0.308 e. The highest BCUT2D eigenvalue weighted by atomic mass is 79.9. The van der Waals surface area contributed by atoms with Gasteiger partial charge in [0, 0.05) is 21.6 Å². The van der Waals surface area contributed by atoms with Gasteiger partial charge in [-0.1, -0.05) is 83.1 Å². The number of unbranched alkanes of at least 4 members (excludes halogenated alkanes) is 1. The second kappa shape index (κ2) is 8.83. The van der Waals surface area contributed by atoms with Crippen molar-refractivity contribution in [2.45, 2.75) is 26.3 Å². The minimum absolute atomic E-state index is 0.144. The zero-order chi connectivity index (χ0) is 21.4. The second-order valence-electron chi connectivity index (χ2n) is 7.03. The quantitative estimate of drug-likeness (QED) is 0.356. The lowest BCUT2D eigenvalue weighted by atomic mass is 10.1. The number of carbonyl (C=O) groups is 2. The van der Waals surface area contributed by atoms with E-state index in [2.05, 4.69) is 22.9 Å². The number of carbonyl (C=O) groups excluding carboxylic acids is 2. The van der Waals surface area contributed by atoms with Gasteiger partial charge in [-0.15, -0.1) is 0 Å². The maximum absolute atomic E-state index is 13.3. The van der Waals surface area contributed by atoms with Gasteiger partial charge in [-0.25, -0.2) is 0 Å². The van der Waals surface area contributed by atoms with E-state index in [4.69, 9.17) is 23.8 Å². The Kier molecular flexibility index (Phi) is 6.34. The number of halogens is 2. The molecule has 0 spiro atoms. The SMILES string of the molecule is CCCCN1C(=O)C(=C2SC(=S)N(Cc3ccccc3Cl)C2=O)c2cc(Br)ccc21. The number of benzene rings is 2. The van der Waals surface area contributed by atoms with Crippen LogP contribution in [0.3, 0.4) is 0 Å². The summed E-state index contributed by atoms with van der Waals surface area (Å²) in [6, 6.07) is 13.1. The zero-order valence-corrected chi connectivity index (χ0v) is 20.1. The molecule has 0 bridgehead atoms. The molecule has 1 saturated heterocycles. The van der Waals surface area contributed by atoms with E-state index in [1.807, 2.05) is 36.4 Å². The van der Waals surface area contributed by atoms with E-state index in [0.717, 1.165) is 34.1 Å². The average molecular weight is 522 g/mol. The lowest BCUT2D eigenvalue weighted by Crippen LogP contribution is -2.29. The molecule has 4 nitrogen and oxygen atoms in total. The van der Waals surface area contributed by atoms with Gasteiger partial charge in [-0.05, 0) is 36.2 Å². The maximum Gasteiger partial charge on any atom is 0.267 e. The summed E-state index contributed by atoms with van der Waals surface area (Å²) in [5, 5.41) is 0.580. The lowest BCUT2D eigenvalue weighted by molar-refractivity contribution is -0.122. The molecular weight excluding hydrogens is 504 g/mol. The van der Waals surface area contributed by atoms with Crippen LogP contribution in [-0.2, 0) is 16.1 Å². The molecule has 2 aromatic rings. The standard InChI is InChI=1S/C22H18BrClN2O2S2/c1-2-3-10-25-17-9-8-14(23)11-15(17)18(20(25)27)19-21(28)26(22(29)30-19)12-13-6-4-5-7-16(13)24/h4-9,11H,2-3,10,12H2,1H3. The number of fused-ring (bicyclic) bond motifs is 1. The number of hydrogen-bond donors (Lipinski definition) is 0. The molecule has 0 unspecified atom stereocenters. The molecule has 2 amide bonds. The summed E-state index contributed by atoms with van der Waals surface area (Å²) in [5.41, 5.74) is 2.85. The van der Waals surface area contributed by atoms with Crippen molar-refractivity contribution >= 4 is 78.9 Å². The van der Waals surface area contributed by atoms with Crippen LogP contribution in [-0.4, -0.2) is 27.6 Å². The average Bonchev–Trinajstić information content (AvgIpc) is 3.14. The van der Waals surface area contributed by atoms with Crippen LogP contribution in [0.4, 0.5) is 5.69 Å².